The Kier molecular flexibility index (Phi) is 5.28. The van der Waals surface area contributed by atoms with Gasteiger partial charge in [-0.1, -0.05) is 12.1 Å². The minimum atomic E-state index is -0.286. The highest BCUT2D eigenvalue weighted by Crippen LogP contribution is 2.11. The average Bonchev–Trinajstić information content (AvgIpc) is 2.55. The molecule has 0 spiro atoms. The predicted octanol–water partition coefficient (Wildman–Crippen LogP) is 0.852. The number of piperazine rings is 1. The van der Waals surface area contributed by atoms with Crippen LogP contribution in [0.2, 0.25) is 0 Å². The summed E-state index contributed by atoms with van der Waals surface area (Å²) in [4.78, 5) is 24.3. The van der Waals surface area contributed by atoms with Crippen molar-refractivity contribution in [1.82, 2.24) is 19.8 Å². The van der Waals surface area contributed by atoms with E-state index >= 15 is 0 Å². The number of hydrogen-bond donors (Lipinski definition) is 2. The highest BCUT2D eigenvalue weighted by atomic mass is 16.3. The molecular weight excluding hydrogens is 304 g/mol. The Hall–Kier alpha value is -1.76. The highest BCUT2D eigenvalue weighted by molar-refractivity contribution is 5.77. The van der Waals surface area contributed by atoms with Crippen LogP contribution in [0.3, 0.4) is 0 Å². The van der Waals surface area contributed by atoms with Crippen molar-refractivity contribution in [1.29, 1.82) is 0 Å². The van der Waals surface area contributed by atoms with Crippen molar-refractivity contribution in [3.63, 3.8) is 0 Å². The molecule has 3 rings (SSSR count). The normalized spacial score (nSPS) is 21.2. The number of fused-ring (bicyclic) bond motifs is 1. The van der Waals surface area contributed by atoms with Gasteiger partial charge in [0.1, 0.15) is 5.82 Å². The predicted molar refractivity (Wildman–Crippen MR) is 95.2 cm³/mol. The minimum absolute atomic E-state index is 0.0641. The lowest BCUT2D eigenvalue weighted by Gasteiger charge is -2.40. The van der Waals surface area contributed by atoms with Gasteiger partial charge in [0.25, 0.3) is 5.56 Å². The molecule has 2 atom stereocenters. The summed E-state index contributed by atoms with van der Waals surface area (Å²) in [6.07, 6.45) is 0.453. The van der Waals surface area contributed by atoms with Gasteiger partial charge in [0.15, 0.2) is 0 Å². The van der Waals surface area contributed by atoms with E-state index < -0.39 is 0 Å². The quantitative estimate of drug-likeness (QED) is 0.850. The summed E-state index contributed by atoms with van der Waals surface area (Å²) in [7, 11) is 0. The number of β-amino-alcohol motifs (C(OH)–C–C–N with tert-alkyl or cyclic N) is 1. The molecule has 2 heterocycles. The summed E-state index contributed by atoms with van der Waals surface area (Å²) in [5.41, 5.74) is 0.692. The fourth-order valence-electron chi connectivity index (χ4n) is 3.40. The molecule has 0 aliphatic carbocycles. The molecule has 2 N–H and O–H groups in total. The first-order chi connectivity index (χ1) is 11.5. The van der Waals surface area contributed by atoms with Gasteiger partial charge in [-0.15, -0.1) is 0 Å². The van der Waals surface area contributed by atoms with E-state index in [0.717, 1.165) is 50.5 Å². The summed E-state index contributed by atoms with van der Waals surface area (Å²) in [6, 6.07) is 7.87. The van der Waals surface area contributed by atoms with Crippen LogP contribution in [0.25, 0.3) is 10.9 Å². The van der Waals surface area contributed by atoms with Gasteiger partial charge >= 0.3 is 0 Å². The summed E-state index contributed by atoms with van der Waals surface area (Å²) in [5.74, 6) is 0.748. The van der Waals surface area contributed by atoms with E-state index in [9.17, 15) is 9.90 Å². The number of aromatic nitrogens is 2. The standard InChI is InChI=1S/C18H26N4O2/c1-13-11-21(9-10-22(13)12-14(2)23)8-7-17-19-16-6-4-3-5-15(16)18(24)20-17/h3-6,13-14,23H,7-12H2,1-2H3,(H,19,20,24)/t13-,14-/m0/s1. The van der Waals surface area contributed by atoms with E-state index in [1.165, 1.54) is 0 Å². The Morgan fingerprint density at radius 2 is 2.17 bits per heavy atom. The second kappa shape index (κ2) is 7.42. The maximum absolute atomic E-state index is 12.1. The van der Waals surface area contributed by atoms with Gasteiger partial charge in [0, 0.05) is 45.2 Å². The fourth-order valence-corrected chi connectivity index (χ4v) is 3.40. The monoisotopic (exact) mass is 330 g/mol. The van der Waals surface area contributed by atoms with Crippen LogP contribution in [0.1, 0.15) is 19.7 Å². The summed E-state index contributed by atoms with van der Waals surface area (Å²) >= 11 is 0. The van der Waals surface area contributed by atoms with Crippen molar-refractivity contribution in [3.8, 4) is 0 Å². The molecular formula is C18H26N4O2. The number of hydrogen-bond acceptors (Lipinski definition) is 5. The lowest BCUT2D eigenvalue weighted by atomic mass is 10.1. The number of H-pyrrole nitrogens is 1. The Balaban J connectivity index is 1.60. The zero-order valence-electron chi connectivity index (χ0n) is 14.4. The van der Waals surface area contributed by atoms with Crippen molar-refractivity contribution in [3.05, 3.63) is 40.4 Å². The van der Waals surface area contributed by atoms with Gasteiger partial charge < -0.3 is 15.0 Å². The number of nitrogens with one attached hydrogen (secondary N) is 1. The van der Waals surface area contributed by atoms with Gasteiger partial charge in [-0.2, -0.15) is 0 Å². The van der Waals surface area contributed by atoms with Gasteiger partial charge in [-0.05, 0) is 26.0 Å². The Labute approximate surface area is 142 Å². The molecule has 6 heteroatoms. The minimum Gasteiger partial charge on any atom is -0.392 e. The molecule has 1 aromatic carbocycles. The zero-order valence-corrected chi connectivity index (χ0v) is 14.4. The van der Waals surface area contributed by atoms with E-state index in [4.69, 9.17) is 0 Å². The van der Waals surface area contributed by atoms with Crippen LogP contribution in [0, 0.1) is 0 Å². The largest absolute Gasteiger partial charge is 0.392 e. The zero-order chi connectivity index (χ0) is 17.1. The second-order valence-electron chi connectivity index (χ2n) is 6.77. The molecule has 1 saturated heterocycles. The number of aromatic amines is 1. The summed E-state index contributed by atoms with van der Waals surface area (Å²) in [6.45, 7) is 8.57. The van der Waals surface area contributed by atoms with Crippen molar-refractivity contribution in [2.45, 2.75) is 32.4 Å². The third-order valence-electron chi connectivity index (χ3n) is 4.67. The third-order valence-corrected chi connectivity index (χ3v) is 4.67. The molecule has 1 aromatic heterocycles. The lowest BCUT2D eigenvalue weighted by Crippen LogP contribution is -2.53. The van der Waals surface area contributed by atoms with Crippen LogP contribution in [-0.4, -0.2) is 69.7 Å². The van der Waals surface area contributed by atoms with Crippen molar-refractivity contribution < 1.29 is 5.11 Å². The number of nitrogens with zero attached hydrogens (tertiary/aromatic N) is 3. The van der Waals surface area contributed by atoms with Crippen molar-refractivity contribution >= 4 is 10.9 Å². The second-order valence-corrected chi connectivity index (χ2v) is 6.77. The van der Waals surface area contributed by atoms with Crippen LogP contribution in [-0.2, 0) is 6.42 Å². The first kappa shape index (κ1) is 17.1. The molecule has 1 fully saturated rings. The topological polar surface area (TPSA) is 72.5 Å². The molecule has 130 valence electrons. The molecule has 0 bridgehead atoms. The maximum atomic E-state index is 12.1. The van der Waals surface area contributed by atoms with Gasteiger partial charge in [0.05, 0.1) is 17.0 Å². The van der Waals surface area contributed by atoms with E-state index in [-0.39, 0.29) is 11.7 Å². The van der Waals surface area contributed by atoms with Crippen LogP contribution in [0.15, 0.2) is 29.1 Å². The molecule has 6 nitrogen and oxygen atoms in total. The number of aliphatic hydroxyl groups excluding tert-OH is 1. The summed E-state index contributed by atoms with van der Waals surface area (Å²) in [5, 5.41) is 10.2. The fraction of sp³-hybridized carbons (Fsp3) is 0.556. The van der Waals surface area contributed by atoms with Crippen LogP contribution < -0.4 is 5.56 Å². The molecule has 0 radical (unpaired) electrons. The maximum Gasteiger partial charge on any atom is 0.258 e. The number of rotatable bonds is 5. The number of aliphatic hydroxyl groups is 1. The number of para-hydroxylation sites is 1. The smallest absolute Gasteiger partial charge is 0.258 e. The van der Waals surface area contributed by atoms with Gasteiger partial charge in [-0.3, -0.25) is 9.69 Å². The Bertz CT molecular complexity index is 743. The lowest BCUT2D eigenvalue weighted by molar-refractivity contribution is 0.0455. The van der Waals surface area contributed by atoms with E-state index in [1.54, 1.807) is 6.07 Å². The Morgan fingerprint density at radius 1 is 1.38 bits per heavy atom. The van der Waals surface area contributed by atoms with Crippen LogP contribution >= 0.6 is 0 Å². The highest BCUT2D eigenvalue weighted by Gasteiger charge is 2.24. The first-order valence-corrected chi connectivity index (χ1v) is 8.65. The van der Waals surface area contributed by atoms with Crippen LogP contribution in [0.5, 0.6) is 0 Å². The van der Waals surface area contributed by atoms with Crippen molar-refractivity contribution in [2.24, 2.45) is 0 Å². The molecule has 24 heavy (non-hydrogen) atoms. The van der Waals surface area contributed by atoms with Crippen molar-refractivity contribution in [2.75, 3.05) is 32.7 Å². The van der Waals surface area contributed by atoms with Gasteiger partial charge in [-0.25, -0.2) is 4.98 Å². The molecule has 0 unspecified atom stereocenters. The Morgan fingerprint density at radius 3 is 2.92 bits per heavy atom. The first-order valence-electron chi connectivity index (χ1n) is 8.65. The molecule has 2 aromatic rings. The molecule has 0 saturated carbocycles. The molecule has 1 aliphatic rings. The van der Waals surface area contributed by atoms with E-state index in [1.807, 2.05) is 25.1 Å². The third kappa shape index (κ3) is 4.01. The summed E-state index contributed by atoms with van der Waals surface area (Å²) < 4.78 is 0. The van der Waals surface area contributed by atoms with Crippen LogP contribution in [0.4, 0.5) is 0 Å². The molecule has 1 aliphatic heterocycles. The van der Waals surface area contributed by atoms with Gasteiger partial charge in [0.2, 0.25) is 0 Å². The SMILES string of the molecule is C[C@H](O)CN1CCN(CCc2nc3ccccc3c(=O)[nH]2)C[C@@H]1C. The molecule has 0 amide bonds. The van der Waals surface area contributed by atoms with E-state index in [0.29, 0.717) is 11.4 Å². The number of benzene rings is 1. The average molecular weight is 330 g/mol. The van der Waals surface area contributed by atoms with E-state index in [2.05, 4.69) is 26.7 Å².